The van der Waals surface area contributed by atoms with Crippen LogP contribution in [0.25, 0.3) is 0 Å². The Balaban J connectivity index is 2.11. The highest BCUT2D eigenvalue weighted by atomic mass is 16.5. The van der Waals surface area contributed by atoms with Gasteiger partial charge in [0.25, 0.3) is 0 Å². The van der Waals surface area contributed by atoms with Crippen LogP contribution in [-0.2, 0) is 4.74 Å². The molecule has 0 bridgehead atoms. The fourth-order valence-corrected chi connectivity index (χ4v) is 2.09. The van der Waals surface area contributed by atoms with Gasteiger partial charge in [0.05, 0.1) is 12.9 Å². The second kappa shape index (κ2) is 4.67. The smallest absolute Gasteiger partial charge is 0.0964 e. The Labute approximate surface area is 91.9 Å². The van der Waals surface area contributed by atoms with Gasteiger partial charge >= 0.3 is 0 Å². The largest absolute Gasteiger partial charge is 0.501 e. The van der Waals surface area contributed by atoms with Crippen molar-refractivity contribution in [3.63, 3.8) is 0 Å². The molecule has 2 aliphatic rings. The van der Waals surface area contributed by atoms with Gasteiger partial charge in [0.15, 0.2) is 0 Å². The van der Waals surface area contributed by atoms with E-state index >= 15 is 0 Å². The minimum absolute atomic E-state index is 1.05. The molecule has 0 aromatic heterocycles. The van der Waals surface area contributed by atoms with Crippen molar-refractivity contribution in [2.24, 2.45) is 0 Å². The van der Waals surface area contributed by atoms with Crippen LogP contribution in [0.15, 0.2) is 35.1 Å². The Morgan fingerprint density at radius 1 is 1.27 bits per heavy atom. The second-order valence-corrected chi connectivity index (χ2v) is 4.25. The van der Waals surface area contributed by atoms with E-state index in [1.165, 1.54) is 17.7 Å². The van der Waals surface area contributed by atoms with Gasteiger partial charge in [0, 0.05) is 19.5 Å². The molecule has 2 nitrogen and oxygen atoms in total. The summed E-state index contributed by atoms with van der Waals surface area (Å²) in [4.78, 5) is 2.34. The molecule has 0 atom stereocenters. The summed E-state index contributed by atoms with van der Waals surface area (Å²) in [5, 5.41) is 0. The van der Waals surface area contributed by atoms with E-state index in [1.807, 2.05) is 0 Å². The standard InChI is InChI=1S/C13H19NO/c1-14-8-6-11(7-9-14)12-4-3-5-13(10-12)15-2/h4,6,10H,3,5,7-9H2,1-2H3. The van der Waals surface area contributed by atoms with Crippen molar-refractivity contribution < 1.29 is 4.74 Å². The number of ether oxygens (including phenoxy) is 1. The molecule has 1 heterocycles. The van der Waals surface area contributed by atoms with Crippen molar-refractivity contribution in [1.82, 2.24) is 4.90 Å². The third-order valence-electron chi connectivity index (χ3n) is 3.12. The van der Waals surface area contributed by atoms with Crippen LogP contribution in [0.3, 0.4) is 0 Å². The second-order valence-electron chi connectivity index (χ2n) is 4.25. The Kier molecular flexibility index (Phi) is 3.27. The molecule has 0 spiro atoms. The third kappa shape index (κ3) is 2.51. The zero-order chi connectivity index (χ0) is 10.7. The summed E-state index contributed by atoms with van der Waals surface area (Å²) >= 11 is 0. The Morgan fingerprint density at radius 2 is 2.13 bits per heavy atom. The number of hydrogen-bond acceptors (Lipinski definition) is 2. The average molecular weight is 205 g/mol. The van der Waals surface area contributed by atoms with E-state index in [0.717, 1.165) is 31.6 Å². The van der Waals surface area contributed by atoms with Gasteiger partial charge in [-0.25, -0.2) is 0 Å². The predicted octanol–water partition coefficient (Wildman–Crippen LogP) is 2.50. The van der Waals surface area contributed by atoms with Crippen LogP contribution in [0.4, 0.5) is 0 Å². The monoisotopic (exact) mass is 205 g/mol. The van der Waals surface area contributed by atoms with E-state index in [0.29, 0.717) is 0 Å². The summed E-state index contributed by atoms with van der Waals surface area (Å²) in [6.07, 6.45) is 10.2. The lowest BCUT2D eigenvalue weighted by atomic mass is 9.94. The molecule has 1 aliphatic carbocycles. The summed E-state index contributed by atoms with van der Waals surface area (Å²) in [7, 11) is 3.93. The van der Waals surface area contributed by atoms with E-state index in [9.17, 15) is 0 Å². The highest BCUT2D eigenvalue weighted by Crippen LogP contribution is 2.26. The predicted molar refractivity (Wildman–Crippen MR) is 62.6 cm³/mol. The lowest BCUT2D eigenvalue weighted by Gasteiger charge is -2.24. The summed E-state index contributed by atoms with van der Waals surface area (Å²) in [5.41, 5.74) is 2.87. The van der Waals surface area contributed by atoms with Crippen molar-refractivity contribution in [1.29, 1.82) is 0 Å². The maximum absolute atomic E-state index is 5.32. The zero-order valence-electron chi connectivity index (χ0n) is 9.62. The van der Waals surface area contributed by atoms with E-state index in [4.69, 9.17) is 4.74 Å². The highest BCUT2D eigenvalue weighted by Gasteiger charge is 2.13. The molecule has 0 saturated heterocycles. The number of nitrogens with zero attached hydrogens (tertiary/aromatic N) is 1. The molecular formula is C13H19NO. The van der Waals surface area contributed by atoms with E-state index < -0.39 is 0 Å². The summed E-state index contributed by atoms with van der Waals surface area (Å²) < 4.78 is 5.32. The van der Waals surface area contributed by atoms with Crippen LogP contribution in [0, 0.1) is 0 Å². The zero-order valence-corrected chi connectivity index (χ0v) is 9.62. The first kappa shape index (κ1) is 10.5. The van der Waals surface area contributed by atoms with Crippen molar-refractivity contribution in [3.8, 4) is 0 Å². The SMILES string of the molecule is COC1=CC(C2=CCN(C)CC2)=CCC1. The van der Waals surface area contributed by atoms with Gasteiger partial charge in [0.2, 0.25) is 0 Å². The van der Waals surface area contributed by atoms with Gasteiger partial charge in [-0.1, -0.05) is 12.2 Å². The van der Waals surface area contributed by atoms with Crippen molar-refractivity contribution >= 4 is 0 Å². The first-order valence-corrected chi connectivity index (χ1v) is 5.62. The lowest BCUT2D eigenvalue weighted by Crippen LogP contribution is -2.24. The van der Waals surface area contributed by atoms with Crippen molar-refractivity contribution in [3.05, 3.63) is 35.1 Å². The molecular weight excluding hydrogens is 186 g/mol. The topological polar surface area (TPSA) is 12.5 Å². The number of methoxy groups -OCH3 is 1. The Hall–Kier alpha value is -1.02. The fraction of sp³-hybridized carbons (Fsp3) is 0.538. The lowest BCUT2D eigenvalue weighted by molar-refractivity contribution is 0.276. The number of hydrogen-bond donors (Lipinski definition) is 0. The molecule has 0 amide bonds. The molecule has 1 aliphatic heterocycles. The fourth-order valence-electron chi connectivity index (χ4n) is 2.09. The number of allylic oxidation sites excluding steroid dienone is 4. The minimum atomic E-state index is 1.05. The molecule has 82 valence electrons. The molecule has 0 aromatic rings. The summed E-state index contributed by atoms with van der Waals surface area (Å²) in [5.74, 6) is 1.12. The minimum Gasteiger partial charge on any atom is -0.501 e. The van der Waals surface area contributed by atoms with Crippen LogP contribution in [0.2, 0.25) is 0 Å². The number of rotatable bonds is 2. The molecule has 0 aromatic carbocycles. The van der Waals surface area contributed by atoms with Crippen LogP contribution in [0.5, 0.6) is 0 Å². The van der Waals surface area contributed by atoms with Gasteiger partial charge in [-0.05, 0) is 37.1 Å². The maximum Gasteiger partial charge on any atom is 0.0964 e. The van der Waals surface area contributed by atoms with Crippen molar-refractivity contribution in [2.45, 2.75) is 19.3 Å². The average Bonchev–Trinajstić information content (AvgIpc) is 2.30. The molecule has 2 rings (SSSR count). The first-order valence-electron chi connectivity index (χ1n) is 5.62. The molecule has 2 heteroatoms. The number of likely N-dealkylation sites (N-methyl/N-ethyl adjacent to an activating group) is 1. The van der Waals surface area contributed by atoms with Gasteiger partial charge in [-0.2, -0.15) is 0 Å². The maximum atomic E-state index is 5.32. The molecule has 0 unspecified atom stereocenters. The van der Waals surface area contributed by atoms with Gasteiger partial charge < -0.3 is 9.64 Å². The highest BCUT2D eigenvalue weighted by molar-refractivity contribution is 5.43. The van der Waals surface area contributed by atoms with Crippen LogP contribution in [0.1, 0.15) is 19.3 Å². The van der Waals surface area contributed by atoms with Crippen LogP contribution < -0.4 is 0 Å². The van der Waals surface area contributed by atoms with Crippen molar-refractivity contribution in [2.75, 3.05) is 27.2 Å². The molecule has 0 fully saturated rings. The first-order chi connectivity index (χ1) is 7.29. The van der Waals surface area contributed by atoms with E-state index in [-0.39, 0.29) is 0 Å². The van der Waals surface area contributed by atoms with E-state index in [2.05, 4.69) is 30.2 Å². The Bertz CT molecular complexity index is 325. The molecule has 0 saturated carbocycles. The molecule has 0 N–H and O–H groups in total. The normalized spacial score (nSPS) is 22.9. The van der Waals surface area contributed by atoms with Crippen LogP contribution >= 0.6 is 0 Å². The van der Waals surface area contributed by atoms with Crippen LogP contribution in [-0.4, -0.2) is 32.1 Å². The van der Waals surface area contributed by atoms with Gasteiger partial charge in [-0.15, -0.1) is 0 Å². The molecule has 15 heavy (non-hydrogen) atoms. The van der Waals surface area contributed by atoms with E-state index in [1.54, 1.807) is 7.11 Å². The Morgan fingerprint density at radius 3 is 2.80 bits per heavy atom. The van der Waals surface area contributed by atoms with Gasteiger partial charge in [-0.3, -0.25) is 0 Å². The summed E-state index contributed by atoms with van der Waals surface area (Å²) in [6, 6.07) is 0. The quantitative estimate of drug-likeness (QED) is 0.686. The van der Waals surface area contributed by atoms with Gasteiger partial charge in [0.1, 0.15) is 0 Å². The molecule has 0 radical (unpaired) electrons. The third-order valence-corrected chi connectivity index (χ3v) is 3.12. The summed E-state index contributed by atoms with van der Waals surface area (Å²) in [6.45, 7) is 2.24.